The lowest BCUT2D eigenvalue weighted by Crippen LogP contribution is -2.23. The predicted octanol–water partition coefficient (Wildman–Crippen LogP) is 2.97. The number of amides is 1. The topological polar surface area (TPSA) is 55.6 Å². The number of fused-ring (bicyclic) bond motifs is 1. The van der Waals surface area contributed by atoms with E-state index in [2.05, 4.69) is 10.3 Å². The molecular formula is C18H19N3O2. The van der Waals surface area contributed by atoms with Crippen LogP contribution in [0.4, 0.5) is 0 Å². The van der Waals surface area contributed by atoms with E-state index in [1.54, 1.807) is 6.20 Å². The van der Waals surface area contributed by atoms with Crippen LogP contribution in [-0.4, -0.2) is 21.9 Å². The molecule has 2 aromatic heterocycles. The smallest absolute Gasteiger partial charge is 0.271 e. The van der Waals surface area contributed by atoms with E-state index < -0.39 is 0 Å². The van der Waals surface area contributed by atoms with Crippen molar-refractivity contribution < 1.29 is 9.53 Å². The summed E-state index contributed by atoms with van der Waals surface area (Å²) in [5.41, 5.74) is 3.32. The minimum atomic E-state index is -0.180. The summed E-state index contributed by atoms with van der Waals surface area (Å²) in [5.74, 6) is 0.651. The SMILES string of the molecule is CCOc1ccc(CNC(=O)c2cn3cc(C)ccc3n2)cc1. The number of aryl methyl sites for hydroxylation is 1. The fraction of sp³-hybridized carbons (Fsp3) is 0.222. The third kappa shape index (κ3) is 3.51. The molecule has 1 amide bonds. The van der Waals surface area contributed by atoms with E-state index in [0.29, 0.717) is 18.8 Å². The first-order valence-corrected chi connectivity index (χ1v) is 7.61. The van der Waals surface area contributed by atoms with Crippen molar-refractivity contribution in [3.8, 4) is 5.75 Å². The molecule has 0 aliphatic heterocycles. The average Bonchev–Trinajstić information content (AvgIpc) is 2.97. The van der Waals surface area contributed by atoms with Crippen LogP contribution in [0.1, 0.15) is 28.5 Å². The number of rotatable bonds is 5. The van der Waals surface area contributed by atoms with Crippen LogP contribution in [0.5, 0.6) is 5.75 Å². The fourth-order valence-corrected chi connectivity index (χ4v) is 2.36. The summed E-state index contributed by atoms with van der Waals surface area (Å²) in [4.78, 5) is 16.6. The predicted molar refractivity (Wildman–Crippen MR) is 88.7 cm³/mol. The molecule has 3 rings (SSSR count). The summed E-state index contributed by atoms with van der Waals surface area (Å²) in [5, 5.41) is 2.89. The number of aromatic nitrogens is 2. The van der Waals surface area contributed by atoms with Gasteiger partial charge in [-0.2, -0.15) is 0 Å². The molecule has 0 radical (unpaired) electrons. The van der Waals surface area contributed by atoms with Crippen LogP contribution in [0.25, 0.3) is 5.65 Å². The minimum absolute atomic E-state index is 0.180. The molecule has 0 unspecified atom stereocenters. The number of imidazole rings is 1. The van der Waals surface area contributed by atoms with Gasteiger partial charge < -0.3 is 14.5 Å². The monoisotopic (exact) mass is 309 g/mol. The molecule has 5 nitrogen and oxygen atoms in total. The number of benzene rings is 1. The van der Waals surface area contributed by atoms with Gasteiger partial charge in [0.15, 0.2) is 0 Å². The Morgan fingerprint density at radius 3 is 2.70 bits per heavy atom. The maximum atomic E-state index is 12.2. The highest BCUT2D eigenvalue weighted by molar-refractivity contribution is 5.92. The van der Waals surface area contributed by atoms with Crippen LogP contribution in [0.2, 0.25) is 0 Å². The van der Waals surface area contributed by atoms with Crippen LogP contribution in [0, 0.1) is 6.92 Å². The first-order chi connectivity index (χ1) is 11.2. The molecule has 118 valence electrons. The number of ether oxygens (including phenoxy) is 1. The van der Waals surface area contributed by atoms with Crippen LogP contribution < -0.4 is 10.1 Å². The zero-order valence-electron chi connectivity index (χ0n) is 13.2. The fourth-order valence-electron chi connectivity index (χ4n) is 2.36. The molecule has 0 fully saturated rings. The number of hydrogen-bond donors (Lipinski definition) is 1. The first kappa shape index (κ1) is 15.1. The van der Waals surface area contributed by atoms with Crippen molar-refractivity contribution in [3.05, 3.63) is 65.6 Å². The van der Waals surface area contributed by atoms with Crippen molar-refractivity contribution >= 4 is 11.6 Å². The Bertz CT molecular complexity index is 822. The molecule has 0 saturated heterocycles. The number of hydrogen-bond acceptors (Lipinski definition) is 3. The molecule has 3 aromatic rings. The summed E-state index contributed by atoms with van der Waals surface area (Å²) < 4.78 is 7.26. The molecule has 2 heterocycles. The third-order valence-corrected chi connectivity index (χ3v) is 3.52. The van der Waals surface area contributed by atoms with Crippen molar-refractivity contribution in [1.82, 2.24) is 14.7 Å². The molecule has 1 aromatic carbocycles. The van der Waals surface area contributed by atoms with Gasteiger partial charge in [0.05, 0.1) is 6.61 Å². The molecule has 1 N–H and O–H groups in total. The van der Waals surface area contributed by atoms with Gasteiger partial charge in [-0.15, -0.1) is 0 Å². The maximum absolute atomic E-state index is 12.2. The maximum Gasteiger partial charge on any atom is 0.271 e. The van der Waals surface area contributed by atoms with Crippen molar-refractivity contribution in [2.24, 2.45) is 0 Å². The number of pyridine rings is 1. The van der Waals surface area contributed by atoms with Gasteiger partial charge in [0.25, 0.3) is 5.91 Å². The molecule has 23 heavy (non-hydrogen) atoms. The highest BCUT2D eigenvalue weighted by atomic mass is 16.5. The molecular weight excluding hydrogens is 290 g/mol. The highest BCUT2D eigenvalue weighted by Crippen LogP contribution is 2.12. The number of carbonyl (C=O) groups excluding carboxylic acids is 1. The van der Waals surface area contributed by atoms with E-state index in [1.807, 2.05) is 60.8 Å². The molecule has 0 bridgehead atoms. The van der Waals surface area contributed by atoms with Gasteiger partial charge in [0, 0.05) is 18.9 Å². The van der Waals surface area contributed by atoms with E-state index in [4.69, 9.17) is 4.74 Å². The van der Waals surface area contributed by atoms with Crippen molar-refractivity contribution in [1.29, 1.82) is 0 Å². The van der Waals surface area contributed by atoms with Crippen LogP contribution in [-0.2, 0) is 6.54 Å². The second-order valence-electron chi connectivity index (χ2n) is 5.36. The van der Waals surface area contributed by atoms with Crippen molar-refractivity contribution in [3.63, 3.8) is 0 Å². The van der Waals surface area contributed by atoms with E-state index >= 15 is 0 Å². The summed E-state index contributed by atoms with van der Waals surface area (Å²) in [7, 11) is 0. The van der Waals surface area contributed by atoms with Gasteiger partial charge in [-0.1, -0.05) is 18.2 Å². The molecule has 0 saturated carbocycles. The lowest BCUT2D eigenvalue weighted by molar-refractivity contribution is 0.0946. The summed E-state index contributed by atoms with van der Waals surface area (Å²) in [6, 6.07) is 11.6. The zero-order valence-corrected chi connectivity index (χ0v) is 13.2. The Morgan fingerprint density at radius 2 is 1.96 bits per heavy atom. The highest BCUT2D eigenvalue weighted by Gasteiger charge is 2.10. The third-order valence-electron chi connectivity index (χ3n) is 3.52. The summed E-state index contributed by atoms with van der Waals surface area (Å²) in [6.07, 6.45) is 3.70. The van der Waals surface area contributed by atoms with Crippen molar-refractivity contribution in [2.75, 3.05) is 6.61 Å². The molecule has 5 heteroatoms. The van der Waals surface area contributed by atoms with Gasteiger partial charge in [-0.3, -0.25) is 4.79 Å². The normalized spacial score (nSPS) is 10.7. The van der Waals surface area contributed by atoms with Gasteiger partial charge in [-0.05, 0) is 43.2 Å². The Balaban J connectivity index is 1.65. The van der Waals surface area contributed by atoms with Gasteiger partial charge in [-0.25, -0.2) is 4.98 Å². The van der Waals surface area contributed by atoms with Gasteiger partial charge in [0.1, 0.15) is 17.1 Å². The Hall–Kier alpha value is -2.82. The van der Waals surface area contributed by atoms with Gasteiger partial charge >= 0.3 is 0 Å². The number of nitrogens with zero attached hydrogens (tertiary/aromatic N) is 2. The second kappa shape index (κ2) is 6.52. The van der Waals surface area contributed by atoms with Crippen LogP contribution >= 0.6 is 0 Å². The molecule has 0 aliphatic carbocycles. The summed E-state index contributed by atoms with van der Waals surface area (Å²) in [6.45, 7) is 5.05. The lowest BCUT2D eigenvalue weighted by Gasteiger charge is -2.06. The van der Waals surface area contributed by atoms with Crippen molar-refractivity contribution in [2.45, 2.75) is 20.4 Å². The van der Waals surface area contributed by atoms with E-state index in [1.165, 1.54) is 0 Å². The van der Waals surface area contributed by atoms with E-state index in [0.717, 1.165) is 22.5 Å². The lowest BCUT2D eigenvalue weighted by atomic mass is 10.2. The standard InChI is InChI=1S/C18H19N3O2/c1-3-23-15-7-5-14(6-8-15)10-19-18(22)16-12-21-11-13(2)4-9-17(21)20-16/h4-9,11-12H,3,10H2,1-2H3,(H,19,22). The first-order valence-electron chi connectivity index (χ1n) is 7.61. The van der Waals surface area contributed by atoms with Crippen LogP contribution in [0.15, 0.2) is 48.8 Å². The molecule has 0 aliphatic rings. The molecule has 0 atom stereocenters. The quantitative estimate of drug-likeness (QED) is 0.788. The Morgan fingerprint density at radius 1 is 1.17 bits per heavy atom. The minimum Gasteiger partial charge on any atom is -0.494 e. The van der Waals surface area contributed by atoms with Crippen LogP contribution in [0.3, 0.4) is 0 Å². The number of nitrogens with one attached hydrogen (secondary N) is 1. The largest absolute Gasteiger partial charge is 0.494 e. The second-order valence-corrected chi connectivity index (χ2v) is 5.36. The Labute approximate surface area is 134 Å². The van der Waals surface area contributed by atoms with E-state index in [-0.39, 0.29) is 5.91 Å². The van der Waals surface area contributed by atoms with E-state index in [9.17, 15) is 4.79 Å². The Kier molecular flexibility index (Phi) is 4.28. The average molecular weight is 309 g/mol. The zero-order chi connectivity index (χ0) is 16.2. The van der Waals surface area contributed by atoms with Gasteiger partial charge in [0.2, 0.25) is 0 Å². The molecule has 0 spiro atoms. The number of carbonyl (C=O) groups is 1. The summed E-state index contributed by atoms with van der Waals surface area (Å²) >= 11 is 0.